The Bertz CT molecular complexity index is 506. The number of rotatable bonds is 2. The number of hydrogen-bond acceptors (Lipinski definition) is 4. The second-order valence-electron chi connectivity index (χ2n) is 4.35. The Hall–Kier alpha value is -2.22. The van der Waals surface area contributed by atoms with Crippen LogP contribution in [-0.4, -0.2) is 25.5 Å². The lowest BCUT2D eigenvalue weighted by Gasteiger charge is -2.26. The van der Waals surface area contributed by atoms with E-state index in [4.69, 9.17) is 11.0 Å². The first-order chi connectivity index (χ1) is 8.67. The van der Waals surface area contributed by atoms with Crippen molar-refractivity contribution in [2.45, 2.75) is 18.9 Å². The van der Waals surface area contributed by atoms with E-state index < -0.39 is 0 Å². The molecule has 5 heteroatoms. The third-order valence-corrected chi connectivity index (χ3v) is 3.27. The molecule has 1 aliphatic heterocycles. The molecule has 1 aromatic rings. The summed E-state index contributed by atoms with van der Waals surface area (Å²) in [5, 5.41) is 11.5. The van der Waals surface area contributed by atoms with Gasteiger partial charge in [-0.1, -0.05) is 0 Å². The minimum Gasteiger partial charge on any atom is -0.397 e. The van der Waals surface area contributed by atoms with Gasteiger partial charge in [0, 0.05) is 13.6 Å². The molecule has 1 saturated heterocycles. The van der Waals surface area contributed by atoms with Crippen LogP contribution in [0, 0.1) is 11.3 Å². The highest BCUT2D eigenvalue weighted by molar-refractivity contribution is 5.87. The van der Waals surface area contributed by atoms with E-state index in [1.165, 1.54) is 0 Å². The summed E-state index contributed by atoms with van der Waals surface area (Å²) in [6, 6.07) is 7.08. The monoisotopic (exact) mass is 244 g/mol. The lowest BCUT2D eigenvalue weighted by Crippen LogP contribution is -2.42. The van der Waals surface area contributed by atoms with Gasteiger partial charge in [-0.3, -0.25) is 4.79 Å². The summed E-state index contributed by atoms with van der Waals surface area (Å²) in [5.41, 5.74) is 7.87. The van der Waals surface area contributed by atoms with Crippen LogP contribution in [-0.2, 0) is 4.79 Å². The molecule has 0 spiro atoms. The van der Waals surface area contributed by atoms with Gasteiger partial charge in [0.25, 0.3) is 0 Å². The Labute approximate surface area is 106 Å². The first kappa shape index (κ1) is 12.2. The standard InChI is InChI=1S/C13H16N4O/c1-16-13(18)12-3-2-6-17(12)11-5-4-9(8-14)7-10(11)15/h4-5,7,12H,2-3,6,15H2,1H3,(H,16,18). The van der Waals surface area contributed by atoms with Crippen LogP contribution < -0.4 is 16.0 Å². The molecule has 1 aromatic carbocycles. The zero-order chi connectivity index (χ0) is 13.1. The number of hydrogen-bond donors (Lipinski definition) is 2. The molecule has 18 heavy (non-hydrogen) atoms. The maximum atomic E-state index is 11.8. The molecule has 0 bridgehead atoms. The van der Waals surface area contributed by atoms with Crippen LogP contribution in [0.1, 0.15) is 18.4 Å². The number of benzene rings is 1. The Morgan fingerprint density at radius 1 is 1.61 bits per heavy atom. The molecule has 0 aromatic heterocycles. The number of nitrogens with one attached hydrogen (secondary N) is 1. The minimum atomic E-state index is -0.162. The van der Waals surface area contributed by atoms with Gasteiger partial charge in [-0.05, 0) is 31.0 Å². The molecule has 1 aliphatic rings. The fraction of sp³-hybridized carbons (Fsp3) is 0.385. The van der Waals surface area contributed by atoms with Crippen LogP contribution in [0.5, 0.6) is 0 Å². The average molecular weight is 244 g/mol. The second-order valence-corrected chi connectivity index (χ2v) is 4.35. The fourth-order valence-electron chi connectivity index (χ4n) is 2.38. The van der Waals surface area contributed by atoms with Crippen molar-refractivity contribution in [3.05, 3.63) is 23.8 Å². The van der Waals surface area contributed by atoms with E-state index in [-0.39, 0.29) is 11.9 Å². The molecule has 0 radical (unpaired) electrons. The summed E-state index contributed by atoms with van der Waals surface area (Å²) in [7, 11) is 1.64. The number of nitrogen functional groups attached to an aromatic ring is 1. The highest BCUT2D eigenvalue weighted by atomic mass is 16.2. The highest BCUT2D eigenvalue weighted by Gasteiger charge is 2.31. The first-order valence-electron chi connectivity index (χ1n) is 5.95. The molecule has 3 N–H and O–H groups in total. The van der Waals surface area contributed by atoms with Crippen LogP contribution in [0.3, 0.4) is 0 Å². The van der Waals surface area contributed by atoms with E-state index in [1.54, 1.807) is 19.2 Å². The van der Waals surface area contributed by atoms with Crippen molar-refractivity contribution in [1.29, 1.82) is 5.26 Å². The van der Waals surface area contributed by atoms with Gasteiger partial charge < -0.3 is 16.0 Å². The molecule has 0 aliphatic carbocycles. The fourth-order valence-corrected chi connectivity index (χ4v) is 2.38. The number of anilines is 2. The summed E-state index contributed by atoms with van der Waals surface area (Å²) in [4.78, 5) is 13.8. The third kappa shape index (κ3) is 2.09. The Balaban J connectivity index is 2.31. The van der Waals surface area contributed by atoms with Crippen molar-refractivity contribution in [3.63, 3.8) is 0 Å². The van der Waals surface area contributed by atoms with Crippen LogP contribution in [0.15, 0.2) is 18.2 Å². The number of carbonyl (C=O) groups excluding carboxylic acids is 1. The van der Waals surface area contributed by atoms with E-state index in [0.29, 0.717) is 11.3 Å². The van der Waals surface area contributed by atoms with Gasteiger partial charge in [0.15, 0.2) is 0 Å². The molecule has 1 heterocycles. The maximum Gasteiger partial charge on any atom is 0.242 e. The van der Waals surface area contributed by atoms with Crippen molar-refractivity contribution in [1.82, 2.24) is 5.32 Å². The Morgan fingerprint density at radius 3 is 3.00 bits per heavy atom. The van der Waals surface area contributed by atoms with Gasteiger partial charge in [0.1, 0.15) is 6.04 Å². The van der Waals surface area contributed by atoms with Crippen LogP contribution >= 0.6 is 0 Å². The SMILES string of the molecule is CNC(=O)C1CCCN1c1ccc(C#N)cc1N. The van der Waals surface area contributed by atoms with Crippen molar-refractivity contribution in [3.8, 4) is 6.07 Å². The Morgan fingerprint density at radius 2 is 2.39 bits per heavy atom. The molecule has 0 saturated carbocycles. The van der Waals surface area contributed by atoms with Gasteiger partial charge in [0.2, 0.25) is 5.91 Å². The summed E-state index contributed by atoms with van der Waals surface area (Å²) >= 11 is 0. The van der Waals surface area contributed by atoms with Crippen molar-refractivity contribution < 1.29 is 4.79 Å². The van der Waals surface area contributed by atoms with Crippen molar-refractivity contribution in [2.75, 3.05) is 24.2 Å². The molecule has 94 valence electrons. The molecule has 5 nitrogen and oxygen atoms in total. The number of nitrogens with two attached hydrogens (primary N) is 1. The molecule has 1 atom stereocenters. The van der Waals surface area contributed by atoms with E-state index >= 15 is 0 Å². The van der Waals surface area contributed by atoms with Crippen molar-refractivity contribution >= 4 is 17.3 Å². The third-order valence-electron chi connectivity index (χ3n) is 3.27. The molecule has 2 rings (SSSR count). The predicted molar refractivity (Wildman–Crippen MR) is 70.0 cm³/mol. The topological polar surface area (TPSA) is 82.2 Å². The van der Waals surface area contributed by atoms with Crippen molar-refractivity contribution in [2.24, 2.45) is 0 Å². The summed E-state index contributed by atoms with van der Waals surface area (Å²) in [6.07, 6.45) is 1.80. The normalized spacial score (nSPS) is 18.4. The zero-order valence-corrected chi connectivity index (χ0v) is 10.3. The van der Waals surface area contributed by atoms with Crippen LogP contribution in [0.2, 0.25) is 0 Å². The van der Waals surface area contributed by atoms with E-state index in [0.717, 1.165) is 25.1 Å². The quantitative estimate of drug-likeness (QED) is 0.756. The number of nitriles is 1. The van der Waals surface area contributed by atoms with Crippen LogP contribution in [0.25, 0.3) is 0 Å². The summed E-state index contributed by atoms with van der Waals surface area (Å²) in [6.45, 7) is 0.814. The van der Waals surface area contributed by atoms with E-state index in [2.05, 4.69) is 11.4 Å². The molecular weight excluding hydrogens is 228 g/mol. The highest BCUT2D eigenvalue weighted by Crippen LogP contribution is 2.31. The minimum absolute atomic E-state index is 0.0104. The average Bonchev–Trinajstić information content (AvgIpc) is 2.86. The van der Waals surface area contributed by atoms with E-state index in [1.807, 2.05) is 11.0 Å². The molecule has 1 amide bonds. The number of nitrogens with zero attached hydrogens (tertiary/aromatic N) is 2. The summed E-state index contributed by atoms with van der Waals surface area (Å²) < 4.78 is 0. The first-order valence-corrected chi connectivity index (χ1v) is 5.95. The largest absolute Gasteiger partial charge is 0.397 e. The smallest absolute Gasteiger partial charge is 0.242 e. The molecule has 1 unspecified atom stereocenters. The number of amides is 1. The Kier molecular flexibility index (Phi) is 3.38. The predicted octanol–water partition coefficient (Wildman–Crippen LogP) is 0.855. The lowest BCUT2D eigenvalue weighted by atomic mass is 10.1. The number of carbonyl (C=O) groups is 1. The molecular formula is C13H16N4O. The maximum absolute atomic E-state index is 11.8. The van der Waals surface area contributed by atoms with Gasteiger partial charge in [-0.25, -0.2) is 0 Å². The van der Waals surface area contributed by atoms with Crippen LogP contribution in [0.4, 0.5) is 11.4 Å². The number of likely N-dealkylation sites (N-methyl/N-ethyl adjacent to an activating group) is 1. The summed E-state index contributed by atoms with van der Waals surface area (Å²) in [5.74, 6) is 0.0104. The second kappa shape index (κ2) is 4.96. The molecule has 1 fully saturated rings. The van der Waals surface area contributed by atoms with Gasteiger partial charge >= 0.3 is 0 Å². The van der Waals surface area contributed by atoms with Gasteiger partial charge in [0.05, 0.1) is 23.0 Å². The zero-order valence-electron chi connectivity index (χ0n) is 10.3. The van der Waals surface area contributed by atoms with Gasteiger partial charge in [-0.2, -0.15) is 5.26 Å². The van der Waals surface area contributed by atoms with Gasteiger partial charge in [-0.15, -0.1) is 0 Å². The lowest BCUT2D eigenvalue weighted by molar-refractivity contribution is -0.121. The van der Waals surface area contributed by atoms with E-state index in [9.17, 15) is 4.79 Å².